The standard InChI is InChI=1S/C31H25ClF3N5O2.C6H13NO/c1-16-19(21-10-5-11-22(27(21)32)24-13-17-7-4-9-20(17)29(38-24)42-3)8-6-12-23(16)37-28-26-18(15-36-40(2)30(26)41)14-25(39-28)31(33,34)35;1-7-6-2-4-8-5-3-6/h5-6,8,10-15H,4,7,9H2,1-3H3,(H,37,39);6-7H,2-5H2,1H3. The fourth-order valence-corrected chi connectivity index (χ4v) is 6.78. The molecule has 0 bridgehead atoms. The molecular weight excluding hydrogens is 669 g/mol. The van der Waals surface area contributed by atoms with Crippen molar-refractivity contribution in [1.82, 2.24) is 25.1 Å². The van der Waals surface area contributed by atoms with Crippen LogP contribution in [0.5, 0.6) is 5.88 Å². The number of halogens is 4. The average Bonchev–Trinajstić information content (AvgIpc) is 3.60. The van der Waals surface area contributed by atoms with Crippen LogP contribution in [0.15, 0.2) is 59.5 Å². The molecule has 9 nitrogen and oxygen atoms in total. The Hall–Kier alpha value is -4.52. The monoisotopic (exact) mass is 706 g/mol. The molecule has 3 aromatic heterocycles. The van der Waals surface area contributed by atoms with Gasteiger partial charge in [0.2, 0.25) is 5.88 Å². The summed E-state index contributed by atoms with van der Waals surface area (Å²) in [4.78, 5) is 21.5. The van der Waals surface area contributed by atoms with Gasteiger partial charge in [-0.05, 0) is 81.0 Å². The van der Waals surface area contributed by atoms with Crippen LogP contribution in [0.25, 0.3) is 33.2 Å². The van der Waals surface area contributed by atoms with E-state index in [0.29, 0.717) is 33.9 Å². The largest absolute Gasteiger partial charge is 0.481 e. The summed E-state index contributed by atoms with van der Waals surface area (Å²) in [6.07, 6.45) is 1.77. The second-order valence-electron chi connectivity index (χ2n) is 12.3. The summed E-state index contributed by atoms with van der Waals surface area (Å²) in [5, 5.41) is 10.6. The van der Waals surface area contributed by atoms with Crippen LogP contribution in [0.4, 0.5) is 24.7 Å². The Morgan fingerprint density at radius 2 is 1.74 bits per heavy atom. The van der Waals surface area contributed by atoms with Gasteiger partial charge in [0, 0.05) is 54.1 Å². The van der Waals surface area contributed by atoms with Crippen LogP contribution in [0.3, 0.4) is 0 Å². The first kappa shape index (κ1) is 35.3. The third-order valence-corrected chi connectivity index (χ3v) is 9.65. The van der Waals surface area contributed by atoms with E-state index in [4.69, 9.17) is 26.1 Å². The van der Waals surface area contributed by atoms with Crippen molar-refractivity contribution in [2.75, 3.05) is 32.7 Å². The highest BCUT2D eigenvalue weighted by Gasteiger charge is 2.34. The summed E-state index contributed by atoms with van der Waals surface area (Å²) in [6.45, 7) is 3.70. The molecule has 7 rings (SSSR count). The van der Waals surface area contributed by atoms with E-state index in [1.807, 2.05) is 38.2 Å². The van der Waals surface area contributed by atoms with E-state index in [-0.39, 0.29) is 16.6 Å². The minimum atomic E-state index is -4.72. The fourth-order valence-electron chi connectivity index (χ4n) is 6.46. The van der Waals surface area contributed by atoms with Crippen molar-refractivity contribution in [1.29, 1.82) is 0 Å². The van der Waals surface area contributed by atoms with E-state index in [2.05, 4.69) is 26.8 Å². The Labute approximate surface area is 292 Å². The molecular formula is C37H38ClF3N6O3. The molecule has 4 heterocycles. The van der Waals surface area contributed by atoms with Crippen LogP contribution in [-0.2, 0) is 30.8 Å². The number of methoxy groups -OCH3 is 1. The quantitative estimate of drug-likeness (QED) is 0.186. The minimum absolute atomic E-state index is 0.00182. The van der Waals surface area contributed by atoms with Crippen molar-refractivity contribution < 1.29 is 22.6 Å². The Kier molecular flexibility index (Phi) is 10.4. The molecule has 1 saturated heterocycles. The van der Waals surface area contributed by atoms with Crippen molar-refractivity contribution in [2.24, 2.45) is 7.05 Å². The highest BCUT2D eigenvalue weighted by Crippen LogP contribution is 2.41. The molecule has 0 radical (unpaired) electrons. The Balaban J connectivity index is 0.000000477. The second kappa shape index (κ2) is 14.8. The van der Waals surface area contributed by atoms with Gasteiger partial charge in [-0.2, -0.15) is 18.3 Å². The molecule has 0 unspecified atom stereocenters. The number of nitrogens with one attached hydrogen (secondary N) is 2. The van der Waals surface area contributed by atoms with E-state index < -0.39 is 17.4 Å². The van der Waals surface area contributed by atoms with E-state index >= 15 is 0 Å². The number of alkyl halides is 3. The number of aryl methyl sites for hydroxylation is 2. The molecule has 2 N–H and O–H groups in total. The SMILES string of the molecule is CNC1CCOCC1.COc1nc(-c2cccc(-c3cccc(Nc4nc(C(F)(F)F)cc5cnn(C)c(=O)c45)c3C)c2Cl)cc2c1CCC2. The summed E-state index contributed by atoms with van der Waals surface area (Å²) in [5.41, 5.74) is 4.72. The Bertz CT molecular complexity index is 2100. The number of pyridine rings is 2. The van der Waals surface area contributed by atoms with Gasteiger partial charge in [0.25, 0.3) is 5.56 Å². The molecule has 262 valence electrons. The molecule has 50 heavy (non-hydrogen) atoms. The van der Waals surface area contributed by atoms with Crippen molar-refractivity contribution in [2.45, 2.75) is 51.2 Å². The van der Waals surface area contributed by atoms with Gasteiger partial charge in [0.15, 0.2) is 0 Å². The maximum absolute atomic E-state index is 13.7. The van der Waals surface area contributed by atoms with E-state index in [0.717, 1.165) is 65.5 Å². The van der Waals surface area contributed by atoms with E-state index in [1.54, 1.807) is 19.2 Å². The van der Waals surface area contributed by atoms with E-state index in [9.17, 15) is 18.0 Å². The molecule has 0 spiro atoms. The molecule has 2 aliphatic rings. The summed E-state index contributed by atoms with van der Waals surface area (Å²) < 4.78 is 52.9. The zero-order valence-corrected chi connectivity index (χ0v) is 29.0. The first-order chi connectivity index (χ1) is 24.0. The van der Waals surface area contributed by atoms with Crippen molar-refractivity contribution in [3.05, 3.63) is 92.5 Å². The van der Waals surface area contributed by atoms with Crippen molar-refractivity contribution in [3.8, 4) is 28.3 Å². The highest BCUT2D eigenvalue weighted by atomic mass is 35.5. The average molecular weight is 707 g/mol. The van der Waals surface area contributed by atoms with Gasteiger partial charge in [-0.3, -0.25) is 4.79 Å². The molecule has 5 aromatic rings. The van der Waals surface area contributed by atoms with Crippen molar-refractivity contribution >= 4 is 33.9 Å². The second-order valence-corrected chi connectivity index (χ2v) is 12.7. The summed E-state index contributed by atoms with van der Waals surface area (Å²) in [5.74, 6) is 0.392. The number of nitrogens with zero attached hydrogens (tertiary/aromatic N) is 4. The molecule has 1 fully saturated rings. The summed E-state index contributed by atoms with van der Waals surface area (Å²) in [6, 6.07) is 14.6. The predicted octanol–water partition coefficient (Wildman–Crippen LogP) is 7.66. The van der Waals surface area contributed by atoms with Crippen LogP contribution < -0.4 is 20.9 Å². The van der Waals surface area contributed by atoms with Crippen molar-refractivity contribution in [3.63, 3.8) is 0 Å². The number of hydrogen-bond donors (Lipinski definition) is 2. The Morgan fingerprint density at radius 1 is 1.02 bits per heavy atom. The maximum atomic E-state index is 13.7. The van der Waals surface area contributed by atoms with Gasteiger partial charge >= 0.3 is 6.18 Å². The third-order valence-electron chi connectivity index (χ3n) is 9.24. The van der Waals surface area contributed by atoms with Crippen LogP contribution in [-0.4, -0.2) is 53.2 Å². The minimum Gasteiger partial charge on any atom is -0.481 e. The molecule has 13 heteroatoms. The fraction of sp³-hybridized carbons (Fsp3) is 0.351. The number of rotatable bonds is 6. The summed E-state index contributed by atoms with van der Waals surface area (Å²) in [7, 11) is 5.05. The topological polar surface area (TPSA) is 103 Å². The first-order valence-corrected chi connectivity index (χ1v) is 16.8. The van der Waals surface area contributed by atoms with Crippen LogP contribution in [0, 0.1) is 6.92 Å². The molecule has 0 saturated carbocycles. The lowest BCUT2D eigenvalue weighted by Crippen LogP contribution is -2.31. The number of hydrogen-bond acceptors (Lipinski definition) is 8. The summed E-state index contributed by atoms with van der Waals surface area (Å²) >= 11 is 7.01. The molecule has 0 atom stereocenters. The zero-order valence-electron chi connectivity index (χ0n) is 28.2. The normalized spacial score (nSPS) is 14.6. The predicted molar refractivity (Wildman–Crippen MR) is 189 cm³/mol. The first-order valence-electron chi connectivity index (χ1n) is 16.4. The van der Waals surface area contributed by atoms with Gasteiger partial charge in [-0.25, -0.2) is 14.6 Å². The van der Waals surface area contributed by atoms with Gasteiger partial charge < -0.3 is 20.1 Å². The lowest BCUT2D eigenvalue weighted by molar-refractivity contribution is -0.141. The van der Waals surface area contributed by atoms with Crippen LogP contribution in [0.2, 0.25) is 5.02 Å². The maximum Gasteiger partial charge on any atom is 0.433 e. The lowest BCUT2D eigenvalue weighted by atomic mass is 9.96. The number of aromatic nitrogens is 4. The Morgan fingerprint density at radius 3 is 2.44 bits per heavy atom. The molecule has 1 aliphatic heterocycles. The third kappa shape index (κ3) is 7.19. The van der Waals surface area contributed by atoms with Crippen LogP contribution >= 0.6 is 11.6 Å². The highest BCUT2D eigenvalue weighted by molar-refractivity contribution is 6.36. The molecule has 1 aliphatic carbocycles. The number of benzene rings is 2. The van der Waals surface area contributed by atoms with Gasteiger partial charge in [0.1, 0.15) is 11.5 Å². The number of fused-ring (bicyclic) bond motifs is 2. The van der Waals surface area contributed by atoms with Gasteiger partial charge in [-0.15, -0.1) is 0 Å². The zero-order chi connectivity index (χ0) is 35.6. The molecule has 2 aromatic carbocycles. The van der Waals surface area contributed by atoms with Crippen LogP contribution in [0.1, 0.15) is 41.6 Å². The lowest BCUT2D eigenvalue weighted by Gasteiger charge is -2.20. The van der Waals surface area contributed by atoms with Gasteiger partial charge in [-0.1, -0.05) is 41.9 Å². The van der Waals surface area contributed by atoms with E-state index in [1.165, 1.54) is 31.6 Å². The number of ether oxygens (including phenoxy) is 2. The smallest absolute Gasteiger partial charge is 0.433 e. The molecule has 0 amide bonds. The number of anilines is 2. The van der Waals surface area contributed by atoms with Gasteiger partial charge in [0.05, 0.1) is 29.4 Å².